The first-order valence-electron chi connectivity index (χ1n) is 9.31. The molecule has 0 fully saturated rings. The molecular formula is C20H31NO7. The van der Waals surface area contributed by atoms with Crippen molar-refractivity contribution in [2.75, 3.05) is 66.0 Å². The molecule has 28 heavy (non-hydrogen) atoms. The molecule has 0 aromatic heterocycles. The largest absolute Gasteiger partial charge is 0.499 e. The van der Waals surface area contributed by atoms with Crippen LogP contribution in [0.2, 0.25) is 0 Å². The fourth-order valence-electron chi connectivity index (χ4n) is 1.95. The Kier molecular flexibility index (Phi) is 15.6. The number of carbonyl (C=O) groups excluding carboxylic acids is 1. The summed E-state index contributed by atoms with van der Waals surface area (Å²) in [6.45, 7) is 8.43. The quantitative estimate of drug-likeness (QED) is 0.300. The molecule has 0 atom stereocenters. The standard InChI is InChI=1S/C20H31NO7/c1-2-23-10-11-25-14-15-27-17-16-26-13-12-24-9-8-21-20(22)28-18-19-6-4-3-5-7-19/h2-7H,1,8-18H2,(H,21,22). The molecule has 0 aliphatic heterocycles. The van der Waals surface area contributed by atoms with E-state index in [1.165, 1.54) is 6.26 Å². The Balaban J connectivity index is 1.76. The topological polar surface area (TPSA) is 84.5 Å². The predicted octanol–water partition coefficient (Wildman–Crippen LogP) is 2.14. The average Bonchev–Trinajstić information content (AvgIpc) is 2.72. The summed E-state index contributed by atoms with van der Waals surface area (Å²) < 4.78 is 31.4. The highest BCUT2D eigenvalue weighted by molar-refractivity contribution is 5.67. The lowest BCUT2D eigenvalue weighted by Crippen LogP contribution is -2.28. The lowest BCUT2D eigenvalue weighted by molar-refractivity contribution is -0.00583. The van der Waals surface area contributed by atoms with Crippen molar-refractivity contribution >= 4 is 6.09 Å². The Bertz CT molecular complexity index is 499. The van der Waals surface area contributed by atoms with Gasteiger partial charge < -0.3 is 33.7 Å². The van der Waals surface area contributed by atoms with Crippen LogP contribution in [0.4, 0.5) is 4.79 Å². The molecule has 0 saturated heterocycles. The summed E-state index contributed by atoms with van der Waals surface area (Å²) in [5.74, 6) is 0. The monoisotopic (exact) mass is 397 g/mol. The summed E-state index contributed by atoms with van der Waals surface area (Å²) in [4.78, 5) is 11.5. The summed E-state index contributed by atoms with van der Waals surface area (Å²) >= 11 is 0. The van der Waals surface area contributed by atoms with E-state index >= 15 is 0 Å². The van der Waals surface area contributed by atoms with E-state index in [2.05, 4.69) is 11.9 Å². The van der Waals surface area contributed by atoms with Gasteiger partial charge in [0.1, 0.15) is 13.2 Å². The van der Waals surface area contributed by atoms with Gasteiger partial charge in [-0.05, 0) is 5.56 Å². The molecule has 0 aliphatic rings. The highest BCUT2D eigenvalue weighted by Crippen LogP contribution is 2.00. The number of carbonyl (C=O) groups is 1. The van der Waals surface area contributed by atoms with Crippen molar-refractivity contribution in [2.45, 2.75) is 6.61 Å². The molecule has 1 amide bonds. The zero-order chi connectivity index (χ0) is 20.1. The first-order chi connectivity index (χ1) is 13.8. The molecule has 0 aliphatic carbocycles. The van der Waals surface area contributed by atoms with E-state index in [-0.39, 0.29) is 6.61 Å². The smallest absolute Gasteiger partial charge is 0.407 e. The number of amides is 1. The second-order valence-corrected chi connectivity index (χ2v) is 5.48. The van der Waals surface area contributed by atoms with Gasteiger partial charge in [-0.25, -0.2) is 4.79 Å². The molecule has 1 aromatic rings. The zero-order valence-corrected chi connectivity index (χ0v) is 16.3. The van der Waals surface area contributed by atoms with Gasteiger partial charge in [0.15, 0.2) is 0 Å². The Hall–Kier alpha value is -2.13. The first kappa shape index (κ1) is 23.9. The van der Waals surface area contributed by atoms with Crippen LogP contribution >= 0.6 is 0 Å². The highest BCUT2D eigenvalue weighted by Gasteiger charge is 2.01. The van der Waals surface area contributed by atoms with Crippen molar-refractivity contribution in [1.29, 1.82) is 0 Å². The Morgan fingerprint density at radius 3 is 1.93 bits per heavy atom. The number of alkyl carbamates (subject to hydrolysis) is 1. The van der Waals surface area contributed by atoms with Crippen molar-refractivity contribution in [3.63, 3.8) is 0 Å². The van der Waals surface area contributed by atoms with Gasteiger partial charge in [0.25, 0.3) is 0 Å². The Morgan fingerprint density at radius 2 is 1.36 bits per heavy atom. The fourth-order valence-corrected chi connectivity index (χ4v) is 1.95. The minimum Gasteiger partial charge on any atom is -0.499 e. The van der Waals surface area contributed by atoms with Crippen LogP contribution in [0.15, 0.2) is 43.2 Å². The van der Waals surface area contributed by atoms with Crippen LogP contribution < -0.4 is 5.32 Å². The van der Waals surface area contributed by atoms with Gasteiger partial charge in [-0.1, -0.05) is 36.9 Å². The summed E-state index contributed by atoms with van der Waals surface area (Å²) in [6, 6.07) is 9.51. The molecular weight excluding hydrogens is 366 g/mol. The lowest BCUT2D eigenvalue weighted by atomic mass is 10.2. The molecule has 1 N–H and O–H groups in total. The fraction of sp³-hybridized carbons (Fsp3) is 0.550. The highest BCUT2D eigenvalue weighted by atomic mass is 16.6. The molecule has 8 heteroatoms. The molecule has 0 unspecified atom stereocenters. The second kappa shape index (κ2) is 18.2. The first-order valence-corrected chi connectivity index (χ1v) is 9.31. The van der Waals surface area contributed by atoms with Crippen LogP contribution in [0.3, 0.4) is 0 Å². The van der Waals surface area contributed by atoms with Gasteiger partial charge in [0, 0.05) is 6.54 Å². The maximum Gasteiger partial charge on any atom is 0.407 e. The average molecular weight is 397 g/mol. The maximum atomic E-state index is 11.5. The van der Waals surface area contributed by atoms with Crippen molar-refractivity contribution in [3.8, 4) is 0 Å². The van der Waals surface area contributed by atoms with Crippen LogP contribution in [-0.4, -0.2) is 72.1 Å². The van der Waals surface area contributed by atoms with E-state index in [1.54, 1.807) is 0 Å². The number of nitrogens with one attached hydrogen (secondary N) is 1. The zero-order valence-electron chi connectivity index (χ0n) is 16.3. The van der Waals surface area contributed by atoms with Crippen LogP contribution in [0, 0.1) is 0 Å². The van der Waals surface area contributed by atoms with E-state index < -0.39 is 6.09 Å². The molecule has 0 heterocycles. The van der Waals surface area contributed by atoms with Gasteiger partial charge in [0.2, 0.25) is 0 Å². The van der Waals surface area contributed by atoms with E-state index in [4.69, 9.17) is 28.4 Å². The second-order valence-electron chi connectivity index (χ2n) is 5.48. The predicted molar refractivity (Wildman–Crippen MR) is 104 cm³/mol. The number of benzene rings is 1. The SMILES string of the molecule is C=COCCOCCOCCOCCOCCNC(=O)OCc1ccccc1. The summed E-state index contributed by atoms with van der Waals surface area (Å²) in [6.07, 6.45) is 0.927. The molecule has 8 nitrogen and oxygen atoms in total. The number of ether oxygens (including phenoxy) is 6. The van der Waals surface area contributed by atoms with Crippen LogP contribution in [0.1, 0.15) is 5.56 Å². The number of hydrogen-bond acceptors (Lipinski definition) is 7. The van der Waals surface area contributed by atoms with E-state index in [0.717, 1.165) is 5.56 Å². The molecule has 0 spiro atoms. The van der Waals surface area contributed by atoms with Gasteiger partial charge in [-0.2, -0.15) is 0 Å². The summed E-state index contributed by atoms with van der Waals surface area (Å²) in [5.41, 5.74) is 0.945. The van der Waals surface area contributed by atoms with Gasteiger partial charge in [-0.3, -0.25) is 0 Å². The summed E-state index contributed by atoms with van der Waals surface area (Å²) in [7, 11) is 0. The van der Waals surface area contributed by atoms with Gasteiger partial charge in [0.05, 0.1) is 59.1 Å². The normalized spacial score (nSPS) is 10.4. The van der Waals surface area contributed by atoms with Crippen molar-refractivity contribution in [2.24, 2.45) is 0 Å². The third kappa shape index (κ3) is 15.0. The number of hydrogen-bond donors (Lipinski definition) is 1. The van der Waals surface area contributed by atoms with Crippen molar-refractivity contribution in [3.05, 3.63) is 48.7 Å². The summed E-state index contributed by atoms with van der Waals surface area (Å²) in [5, 5.41) is 2.63. The molecule has 1 rings (SSSR count). The van der Waals surface area contributed by atoms with Crippen molar-refractivity contribution in [1.82, 2.24) is 5.32 Å². The van der Waals surface area contributed by atoms with Crippen LogP contribution in [-0.2, 0) is 35.0 Å². The maximum absolute atomic E-state index is 11.5. The van der Waals surface area contributed by atoms with E-state index in [0.29, 0.717) is 66.0 Å². The molecule has 0 saturated carbocycles. The van der Waals surface area contributed by atoms with Crippen molar-refractivity contribution < 1.29 is 33.2 Å². The minimum absolute atomic E-state index is 0.249. The third-order valence-corrected chi connectivity index (χ3v) is 3.31. The number of rotatable bonds is 18. The minimum atomic E-state index is -0.460. The van der Waals surface area contributed by atoms with Gasteiger partial charge in [-0.15, -0.1) is 0 Å². The third-order valence-electron chi connectivity index (χ3n) is 3.31. The molecule has 0 bridgehead atoms. The van der Waals surface area contributed by atoms with Crippen LogP contribution in [0.25, 0.3) is 0 Å². The van der Waals surface area contributed by atoms with E-state index in [1.807, 2.05) is 30.3 Å². The molecule has 158 valence electrons. The van der Waals surface area contributed by atoms with E-state index in [9.17, 15) is 4.79 Å². The van der Waals surface area contributed by atoms with Gasteiger partial charge >= 0.3 is 6.09 Å². The lowest BCUT2D eigenvalue weighted by Gasteiger charge is -2.08. The Morgan fingerprint density at radius 1 is 0.821 bits per heavy atom. The molecule has 1 aromatic carbocycles. The Labute approximate surface area is 166 Å². The van der Waals surface area contributed by atoms with Crippen LogP contribution in [0.5, 0.6) is 0 Å². The molecule has 0 radical (unpaired) electrons.